The summed E-state index contributed by atoms with van der Waals surface area (Å²) < 4.78 is 0. The monoisotopic (exact) mass is 312 g/mol. The molecule has 122 valence electrons. The van der Waals surface area contributed by atoms with E-state index < -0.39 is 0 Å². The molecule has 2 heterocycles. The van der Waals surface area contributed by atoms with Crippen molar-refractivity contribution < 1.29 is 4.79 Å². The predicted molar refractivity (Wildman–Crippen MR) is 92.1 cm³/mol. The topological polar surface area (TPSA) is 57.3 Å². The molecule has 1 aromatic heterocycles. The van der Waals surface area contributed by atoms with E-state index in [1.165, 1.54) is 0 Å². The van der Waals surface area contributed by atoms with Crippen LogP contribution in [0.1, 0.15) is 31.3 Å². The Morgan fingerprint density at radius 1 is 1.35 bits per heavy atom. The Balaban J connectivity index is 1.78. The third-order valence-electron chi connectivity index (χ3n) is 4.43. The van der Waals surface area contributed by atoms with Crippen LogP contribution in [-0.2, 0) is 11.2 Å². The smallest absolute Gasteiger partial charge is 0.236 e. The molecule has 0 fully saturated rings. The molecule has 1 unspecified atom stereocenters. The molecule has 3 rings (SSSR count). The van der Waals surface area contributed by atoms with E-state index in [1.54, 1.807) is 0 Å². The fourth-order valence-corrected chi connectivity index (χ4v) is 3.13. The Hall–Kier alpha value is -1.98. The lowest BCUT2D eigenvalue weighted by Gasteiger charge is -2.28. The normalized spacial score (nSPS) is 17.0. The van der Waals surface area contributed by atoms with Crippen molar-refractivity contribution in [2.75, 3.05) is 26.2 Å². The lowest BCUT2D eigenvalue weighted by Crippen LogP contribution is -2.45. The Bertz CT molecular complexity index is 696. The van der Waals surface area contributed by atoms with Gasteiger partial charge in [-0.05, 0) is 26.0 Å². The van der Waals surface area contributed by atoms with Gasteiger partial charge in [0.25, 0.3) is 0 Å². The largest absolute Gasteiger partial charge is 0.342 e. The Morgan fingerprint density at radius 3 is 2.91 bits per heavy atom. The molecule has 0 bridgehead atoms. The number of nitrogens with zero attached hydrogens (tertiary/aromatic N) is 2. The first-order chi connectivity index (χ1) is 11.2. The fourth-order valence-electron chi connectivity index (χ4n) is 3.13. The number of para-hydroxylation sites is 1. The highest BCUT2D eigenvalue weighted by Gasteiger charge is 2.22. The van der Waals surface area contributed by atoms with Crippen molar-refractivity contribution in [2.24, 2.45) is 0 Å². The van der Waals surface area contributed by atoms with Gasteiger partial charge in [0.15, 0.2) is 0 Å². The summed E-state index contributed by atoms with van der Waals surface area (Å²) in [5, 5.41) is 7.93. The molecule has 0 saturated carbocycles. The van der Waals surface area contributed by atoms with Gasteiger partial charge in [-0.2, -0.15) is 0 Å². The molecule has 5 nitrogen and oxygen atoms in total. The number of hydrogen-bond donors (Lipinski definition) is 2. The predicted octanol–water partition coefficient (Wildman–Crippen LogP) is 1.84. The van der Waals surface area contributed by atoms with Gasteiger partial charge in [-0.3, -0.25) is 20.4 Å². The number of benzene rings is 1. The van der Waals surface area contributed by atoms with Crippen molar-refractivity contribution in [1.29, 1.82) is 0 Å². The van der Waals surface area contributed by atoms with Crippen LogP contribution in [0.5, 0.6) is 0 Å². The minimum absolute atomic E-state index is 0.0182. The first-order valence-corrected chi connectivity index (χ1v) is 8.36. The van der Waals surface area contributed by atoms with Gasteiger partial charge in [0.05, 0.1) is 18.2 Å². The summed E-state index contributed by atoms with van der Waals surface area (Å²) in [6.07, 6.45) is 0.901. The van der Waals surface area contributed by atoms with E-state index >= 15 is 0 Å². The van der Waals surface area contributed by atoms with Crippen LogP contribution in [-0.4, -0.2) is 42.0 Å². The van der Waals surface area contributed by atoms with Crippen molar-refractivity contribution in [3.63, 3.8) is 0 Å². The number of amides is 1. The number of aromatic nitrogens is 1. The average Bonchev–Trinajstić information content (AvgIpc) is 2.59. The molecule has 2 N–H and O–H groups in total. The van der Waals surface area contributed by atoms with Gasteiger partial charge in [0.2, 0.25) is 5.91 Å². The first kappa shape index (κ1) is 15.9. The number of likely N-dealkylation sites (N-methyl/N-ethyl adjacent to an activating group) is 1. The molecule has 2 aromatic rings. The molecular formula is C18H24N4O. The zero-order valence-electron chi connectivity index (χ0n) is 13.8. The highest BCUT2D eigenvalue weighted by atomic mass is 16.2. The van der Waals surface area contributed by atoms with Crippen LogP contribution in [0.2, 0.25) is 0 Å². The van der Waals surface area contributed by atoms with Crippen molar-refractivity contribution in [2.45, 2.75) is 26.4 Å². The van der Waals surface area contributed by atoms with Crippen molar-refractivity contribution in [3.05, 3.63) is 41.6 Å². The summed E-state index contributed by atoms with van der Waals surface area (Å²) in [5.74, 6) is 0.137. The van der Waals surface area contributed by atoms with E-state index in [-0.39, 0.29) is 12.1 Å². The lowest BCUT2D eigenvalue weighted by molar-refractivity contribution is -0.130. The number of carbonyl (C=O) groups excluding carboxylic acids is 1. The molecular weight excluding hydrogens is 288 g/mol. The van der Waals surface area contributed by atoms with E-state index in [0.29, 0.717) is 6.54 Å². The van der Waals surface area contributed by atoms with Crippen LogP contribution in [0, 0.1) is 0 Å². The van der Waals surface area contributed by atoms with Crippen LogP contribution in [0.15, 0.2) is 30.3 Å². The maximum atomic E-state index is 12.2. The summed E-state index contributed by atoms with van der Waals surface area (Å²) in [6.45, 7) is 6.72. The Labute approximate surface area is 137 Å². The summed E-state index contributed by atoms with van der Waals surface area (Å²) in [6, 6.07) is 10.4. The second kappa shape index (κ2) is 7.06. The van der Waals surface area contributed by atoms with Gasteiger partial charge in [-0.15, -0.1) is 0 Å². The molecule has 0 saturated heterocycles. The van der Waals surface area contributed by atoms with Gasteiger partial charge < -0.3 is 4.90 Å². The molecule has 1 amide bonds. The molecule has 1 aromatic carbocycles. The number of hydrogen-bond acceptors (Lipinski definition) is 4. The highest BCUT2D eigenvalue weighted by molar-refractivity contribution is 5.80. The fraction of sp³-hybridized carbons (Fsp3) is 0.444. The summed E-state index contributed by atoms with van der Waals surface area (Å²) >= 11 is 0. The minimum atomic E-state index is -0.0182. The highest BCUT2D eigenvalue weighted by Crippen LogP contribution is 2.24. The van der Waals surface area contributed by atoms with Gasteiger partial charge in [-0.1, -0.05) is 18.2 Å². The lowest BCUT2D eigenvalue weighted by atomic mass is 10.0. The van der Waals surface area contributed by atoms with Crippen molar-refractivity contribution in [1.82, 2.24) is 20.5 Å². The van der Waals surface area contributed by atoms with E-state index in [2.05, 4.69) is 22.8 Å². The molecule has 5 heteroatoms. The molecule has 0 spiro atoms. The SMILES string of the molecule is CCN(CC)C(=O)CNC1NCCc2nc3ccccc3cc21. The standard InChI is InChI=1S/C18H24N4O/c1-3-22(4-2)17(23)12-20-18-14-11-13-7-5-6-8-15(13)21-16(14)9-10-19-18/h5-8,11,18-20H,3-4,9-10,12H2,1-2H3. The van der Waals surface area contributed by atoms with Crippen LogP contribution >= 0.6 is 0 Å². The van der Waals surface area contributed by atoms with Crippen molar-refractivity contribution in [3.8, 4) is 0 Å². The van der Waals surface area contributed by atoms with E-state index in [4.69, 9.17) is 4.98 Å². The van der Waals surface area contributed by atoms with E-state index in [0.717, 1.165) is 48.2 Å². The number of fused-ring (bicyclic) bond motifs is 2. The minimum Gasteiger partial charge on any atom is -0.342 e. The third-order valence-corrected chi connectivity index (χ3v) is 4.43. The summed E-state index contributed by atoms with van der Waals surface area (Å²) in [7, 11) is 0. The molecule has 1 atom stereocenters. The van der Waals surface area contributed by atoms with Crippen LogP contribution < -0.4 is 10.6 Å². The van der Waals surface area contributed by atoms with Gasteiger partial charge in [0, 0.05) is 42.7 Å². The van der Waals surface area contributed by atoms with Crippen LogP contribution in [0.4, 0.5) is 0 Å². The second-order valence-electron chi connectivity index (χ2n) is 5.80. The molecule has 1 aliphatic heterocycles. The van der Waals surface area contributed by atoms with Gasteiger partial charge >= 0.3 is 0 Å². The quantitative estimate of drug-likeness (QED) is 0.884. The third kappa shape index (κ3) is 3.35. The van der Waals surface area contributed by atoms with E-state index in [1.807, 2.05) is 36.9 Å². The molecule has 0 aliphatic carbocycles. The summed E-state index contributed by atoms with van der Waals surface area (Å²) in [5.41, 5.74) is 3.31. The molecule has 0 radical (unpaired) electrons. The number of carbonyl (C=O) groups is 1. The van der Waals surface area contributed by atoms with Gasteiger partial charge in [0.1, 0.15) is 0 Å². The average molecular weight is 312 g/mol. The number of nitrogens with one attached hydrogen (secondary N) is 2. The zero-order chi connectivity index (χ0) is 16.2. The van der Waals surface area contributed by atoms with Crippen molar-refractivity contribution >= 4 is 16.8 Å². The maximum absolute atomic E-state index is 12.2. The maximum Gasteiger partial charge on any atom is 0.236 e. The first-order valence-electron chi connectivity index (χ1n) is 8.36. The van der Waals surface area contributed by atoms with Crippen LogP contribution in [0.3, 0.4) is 0 Å². The molecule has 1 aliphatic rings. The zero-order valence-corrected chi connectivity index (χ0v) is 13.8. The molecule has 23 heavy (non-hydrogen) atoms. The van der Waals surface area contributed by atoms with E-state index in [9.17, 15) is 4.79 Å². The number of rotatable bonds is 5. The van der Waals surface area contributed by atoms with Gasteiger partial charge in [-0.25, -0.2) is 0 Å². The Kier molecular flexibility index (Phi) is 4.88. The second-order valence-corrected chi connectivity index (χ2v) is 5.80. The number of pyridine rings is 1. The Morgan fingerprint density at radius 2 is 2.13 bits per heavy atom. The summed E-state index contributed by atoms with van der Waals surface area (Å²) in [4.78, 5) is 18.8. The van der Waals surface area contributed by atoms with Crippen LogP contribution in [0.25, 0.3) is 10.9 Å².